The molecule has 1 aromatic rings. The van der Waals surface area contributed by atoms with Crippen LogP contribution in [0.25, 0.3) is 0 Å². The molecule has 1 atom stereocenters. The minimum absolute atomic E-state index is 0.148. The molecule has 0 saturated heterocycles. The molecule has 1 aliphatic rings. The van der Waals surface area contributed by atoms with Gasteiger partial charge in [-0.05, 0) is 42.4 Å². The fourth-order valence-corrected chi connectivity index (χ4v) is 2.46. The van der Waals surface area contributed by atoms with E-state index in [4.69, 9.17) is 0 Å². The van der Waals surface area contributed by atoms with E-state index in [1.54, 1.807) is 7.05 Å². The van der Waals surface area contributed by atoms with E-state index >= 15 is 0 Å². The number of aryl methyl sites for hydroxylation is 1. The van der Waals surface area contributed by atoms with Gasteiger partial charge in [-0.15, -0.1) is 0 Å². The minimum Gasteiger partial charge on any atom is -0.359 e. The lowest BCUT2D eigenvalue weighted by Crippen LogP contribution is -2.19. The fourth-order valence-electron chi connectivity index (χ4n) is 2.46. The van der Waals surface area contributed by atoms with Gasteiger partial charge in [0.15, 0.2) is 0 Å². The molecule has 15 heavy (non-hydrogen) atoms. The molecule has 80 valence electrons. The predicted octanol–water partition coefficient (Wildman–Crippen LogP) is 2.16. The molecule has 0 saturated carbocycles. The summed E-state index contributed by atoms with van der Waals surface area (Å²) in [6.07, 6.45) is 2.88. The van der Waals surface area contributed by atoms with Crippen molar-refractivity contribution in [3.05, 3.63) is 34.9 Å². The van der Waals surface area contributed by atoms with Crippen molar-refractivity contribution in [3.63, 3.8) is 0 Å². The highest BCUT2D eigenvalue weighted by Crippen LogP contribution is 2.36. The van der Waals surface area contributed by atoms with Crippen LogP contribution >= 0.6 is 0 Å². The molecule has 0 heterocycles. The van der Waals surface area contributed by atoms with E-state index in [1.165, 1.54) is 16.7 Å². The van der Waals surface area contributed by atoms with Crippen molar-refractivity contribution in [2.24, 2.45) is 0 Å². The van der Waals surface area contributed by atoms with Gasteiger partial charge in [-0.25, -0.2) is 0 Å². The second-order valence-electron chi connectivity index (χ2n) is 4.26. The fraction of sp³-hybridized carbons (Fsp3) is 0.462. The SMILES string of the molecule is CNC(=O)CC1CCc2c(C)cccc21. The van der Waals surface area contributed by atoms with Gasteiger partial charge in [0.05, 0.1) is 0 Å². The van der Waals surface area contributed by atoms with Gasteiger partial charge < -0.3 is 5.32 Å². The van der Waals surface area contributed by atoms with Crippen LogP contribution in [0.15, 0.2) is 18.2 Å². The minimum atomic E-state index is 0.148. The van der Waals surface area contributed by atoms with Gasteiger partial charge in [0, 0.05) is 13.5 Å². The Kier molecular flexibility index (Phi) is 2.76. The smallest absolute Gasteiger partial charge is 0.220 e. The molecule has 1 aliphatic carbocycles. The average Bonchev–Trinajstić information content (AvgIpc) is 2.63. The summed E-state index contributed by atoms with van der Waals surface area (Å²) in [6, 6.07) is 6.42. The summed E-state index contributed by atoms with van der Waals surface area (Å²) in [5, 5.41) is 2.70. The van der Waals surface area contributed by atoms with Crippen LogP contribution in [0.2, 0.25) is 0 Å². The summed E-state index contributed by atoms with van der Waals surface area (Å²) in [6.45, 7) is 2.15. The molecule has 0 aliphatic heterocycles. The summed E-state index contributed by atoms with van der Waals surface area (Å²) < 4.78 is 0. The Labute approximate surface area is 90.7 Å². The average molecular weight is 203 g/mol. The highest BCUT2D eigenvalue weighted by molar-refractivity contribution is 5.76. The second kappa shape index (κ2) is 4.05. The van der Waals surface area contributed by atoms with Crippen LogP contribution in [0.5, 0.6) is 0 Å². The van der Waals surface area contributed by atoms with Gasteiger partial charge in [0.1, 0.15) is 0 Å². The first kappa shape index (κ1) is 10.2. The molecule has 1 aromatic carbocycles. The molecule has 2 heteroatoms. The Bertz CT molecular complexity index is 384. The molecule has 1 N–H and O–H groups in total. The standard InChI is InChI=1S/C13H17NO/c1-9-4-3-5-12-10(6-7-11(9)12)8-13(15)14-2/h3-5,10H,6-8H2,1-2H3,(H,14,15). The lowest BCUT2D eigenvalue weighted by Gasteiger charge is -2.10. The van der Waals surface area contributed by atoms with Crippen LogP contribution in [-0.2, 0) is 11.2 Å². The van der Waals surface area contributed by atoms with Crippen molar-refractivity contribution in [2.75, 3.05) is 7.05 Å². The number of fused-ring (bicyclic) bond motifs is 1. The zero-order chi connectivity index (χ0) is 10.8. The summed E-state index contributed by atoms with van der Waals surface area (Å²) in [5.41, 5.74) is 4.22. The maximum absolute atomic E-state index is 11.4. The van der Waals surface area contributed by atoms with Crippen molar-refractivity contribution in [2.45, 2.75) is 32.1 Å². The topological polar surface area (TPSA) is 29.1 Å². The lowest BCUT2D eigenvalue weighted by molar-refractivity contribution is -0.120. The molecule has 2 nitrogen and oxygen atoms in total. The van der Waals surface area contributed by atoms with E-state index in [9.17, 15) is 4.79 Å². The molecule has 0 spiro atoms. The third kappa shape index (κ3) is 1.89. The molecule has 0 aromatic heterocycles. The Morgan fingerprint density at radius 2 is 2.33 bits per heavy atom. The largest absolute Gasteiger partial charge is 0.359 e. The number of hydrogen-bond donors (Lipinski definition) is 1. The molecular weight excluding hydrogens is 186 g/mol. The number of carbonyl (C=O) groups is 1. The third-order valence-electron chi connectivity index (χ3n) is 3.34. The maximum atomic E-state index is 11.4. The first-order chi connectivity index (χ1) is 7.22. The lowest BCUT2D eigenvalue weighted by atomic mass is 9.96. The van der Waals surface area contributed by atoms with E-state index in [0.717, 1.165) is 12.8 Å². The van der Waals surface area contributed by atoms with E-state index in [0.29, 0.717) is 12.3 Å². The molecule has 0 radical (unpaired) electrons. The zero-order valence-electron chi connectivity index (χ0n) is 9.34. The van der Waals surface area contributed by atoms with Crippen LogP contribution in [0.4, 0.5) is 0 Å². The Morgan fingerprint density at radius 1 is 1.53 bits per heavy atom. The zero-order valence-corrected chi connectivity index (χ0v) is 9.34. The Balaban J connectivity index is 2.21. The summed E-state index contributed by atoms with van der Waals surface area (Å²) in [5.74, 6) is 0.578. The van der Waals surface area contributed by atoms with Gasteiger partial charge in [0.2, 0.25) is 5.91 Å². The summed E-state index contributed by atoms with van der Waals surface area (Å²) in [7, 11) is 1.70. The molecule has 2 rings (SSSR count). The first-order valence-electron chi connectivity index (χ1n) is 5.51. The normalized spacial score (nSPS) is 18.7. The van der Waals surface area contributed by atoms with Crippen LogP contribution in [-0.4, -0.2) is 13.0 Å². The molecule has 1 amide bonds. The third-order valence-corrected chi connectivity index (χ3v) is 3.34. The summed E-state index contributed by atoms with van der Waals surface area (Å²) in [4.78, 5) is 11.4. The van der Waals surface area contributed by atoms with E-state index in [2.05, 4.69) is 30.4 Å². The molecule has 0 bridgehead atoms. The van der Waals surface area contributed by atoms with Crippen LogP contribution in [0.1, 0.15) is 35.4 Å². The van der Waals surface area contributed by atoms with Gasteiger partial charge in [-0.1, -0.05) is 18.2 Å². The second-order valence-corrected chi connectivity index (χ2v) is 4.26. The van der Waals surface area contributed by atoms with Gasteiger partial charge in [-0.3, -0.25) is 4.79 Å². The predicted molar refractivity (Wildman–Crippen MR) is 60.9 cm³/mol. The van der Waals surface area contributed by atoms with E-state index < -0.39 is 0 Å². The Morgan fingerprint density at radius 3 is 3.07 bits per heavy atom. The van der Waals surface area contributed by atoms with E-state index in [-0.39, 0.29) is 5.91 Å². The van der Waals surface area contributed by atoms with Crippen molar-refractivity contribution < 1.29 is 4.79 Å². The highest BCUT2D eigenvalue weighted by atomic mass is 16.1. The summed E-state index contributed by atoms with van der Waals surface area (Å²) >= 11 is 0. The molecule has 0 fully saturated rings. The number of rotatable bonds is 2. The highest BCUT2D eigenvalue weighted by Gasteiger charge is 2.24. The van der Waals surface area contributed by atoms with Gasteiger partial charge in [0.25, 0.3) is 0 Å². The van der Waals surface area contributed by atoms with Gasteiger partial charge in [-0.2, -0.15) is 0 Å². The van der Waals surface area contributed by atoms with Crippen molar-refractivity contribution >= 4 is 5.91 Å². The van der Waals surface area contributed by atoms with Crippen LogP contribution in [0.3, 0.4) is 0 Å². The molecular formula is C13H17NO. The quantitative estimate of drug-likeness (QED) is 0.784. The van der Waals surface area contributed by atoms with E-state index in [1.807, 2.05) is 0 Å². The van der Waals surface area contributed by atoms with Gasteiger partial charge >= 0.3 is 0 Å². The van der Waals surface area contributed by atoms with Crippen LogP contribution in [0, 0.1) is 6.92 Å². The number of hydrogen-bond acceptors (Lipinski definition) is 1. The van der Waals surface area contributed by atoms with Crippen molar-refractivity contribution in [3.8, 4) is 0 Å². The van der Waals surface area contributed by atoms with Crippen LogP contribution < -0.4 is 5.32 Å². The maximum Gasteiger partial charge on any atom is 0.220 e. The number of benzene rings is 1. The number of nitrogens with one attached hydrogen (secondary N) is 1. The molecule has 1 unspecified atom stereocenters. The van der Waals surface area contributed by atoms with Crippen molar-refractivity contribution in [1.82, 2.24) is 5.32 Å². The number of amides is 1. The van der Waals surface area contributed by atoms with Crippen molar-refractivity contribution in [1.29, 1.82) is 0 Å². The Hall–Kier alpha value is -1.31. The monoisotopic (exact) mass is 203 g/mol. The first-order valence-corrected chi connectivity index (χ1v) is 5.51. The number of carbonyl (C=O) groups excluding carboxylic acids is 1.